The van der Waals surface area contributed by atoms with Gasteiger partial charge >= 0.3 is 5.97 Å². The first-order chi connectivity index (χ1) is 7.77. The summed E-state index contributed by atoms with van der Waals surface area (Å²) in [6.45, 7) is 0.778. The Morgan fingerprint density at radius 1 is 1.65 bits per heavy atom. The molecule has 96 valence electrons. The third kappa shape index (κ3) is 3.02. The van der Waals surface area contributed by atoms with E-state index in [1.54, 1.807) is 14.0 Å². The maximum atomic E-state index is 11.7. The molecule has 0 aliphatic heterocycles. The zero-order chi connectivity index (χ0) is 13.2. The fourth-order valence-electron chi connectivity index (χ4n) is 1.07. The minimum absolute atomic E-state index is 0.280. The Hall–Kier alpha value is -1.45. The summed E-state index contributed by atoms with van der Waals surface area (Å²) in [7, 11) is -2.43. The Labute approximate surface area is 98.0 Å². The van der Waals surface area contributed by atoms with E-state index in [0.717, 1.165) is 0 Å². The quantitative estimate of drug-likeness (QED) is 0.591. The van der Waals surface area contributed by atoms with Crippen LogP contribution in [0.2, 0.25) is 0 Å². The number of nitrogens with one attached hydrogen (secondary N) is 1. The summed E-state index contributed by atoms with van der Waals surface area (Å²) >= 11 is 0. The monoisotopic (exact) mass is 263 g/mol. The Kier molecular flexibility index (Phi) is 3.86. The average Bonchev–Trinajstić information content (AvgIpc) is 2.56. The molecule has 17 heavy (non-hydrogen) atoms. The van der Waals surface area contributed by atoms with Crippen molar-refractivity contribution in [1.29, 1.82) is 0 Å². The van der Waals surface area contributed by atoms with Gasteiger partial charge in [-0.25, -0.2) is 13.4 Å². The molecule has 0 aromatic carbocycles. The summed E-state index contributed by atoms with van der Waals surface area (Å²) in [4.78, 5) is 14.4. The Morgan fingerprint density at radius 3 is 2.59 bits per heavy atom. The zero-order valence-corrected chi connectivity index (χ0v) is 10.1. The molecule has 0 aliphatic carbocycles. The van der Waals surface area contributed by atoms with Crippen molar-refractivity contribution in [2.45, 2.75) is 18.0 Å². The Balaban J connectivity index is 3.00. The molecule has 0 spiro atoms. The lowest BCUT2D eigenvalue weighted by Gasteiger charge is -2.10. The third-order valence-electron chi connectivity index (χ3n) is 2.14. The van der Waals surface area contributed by atoms with Crippen LogP contribution in [0.25, 0.3) is 0 Å². The number of carboxylic acids is 1. The van der Waals surface area contributed by atoms with Crippen molar-refractivity contribution in [3.63, 3.8) is 0 Å². The number of aromatic nitrogens is 2. The van der Waals surface area contributed by atoms with Crippen molar-refractivity contribution in [1.82, 2.24) is 14.3 Å². The smallest absolute Gasteiger partial charge is 0.324 e. The van der Waals surface area contributed by atoms with E-state index in [1.165, 1.54) is 10.8 Å². The summed E-state index contributed by atoms with van der Waals surface area (Å²) in [5.74, 6) is -0.982. The fourth-order valence-corrected chi connectivity index (χ4v) is 2.29. The third-order valence-corrected chi connectivity index (χ3v) is 3.48. The van der Waals surface area contributed by atoms with E-state index in [9.17, 15) is 13.2 Å². The highest BCUT2D eigenvalue weighted by Crippen LogP contribution is 2.08. The number of aliphatic hydroxyl groups is 1. The Bertz CT molecular complexity index is 502. The van der Waals surface area contributed by atoms with Gasteiger partial charge in [-0.15, -0.1) is 0 Å². The topological polar surface area (TPSA) is 122 Å². The largest absolute Gasteiger partial charge is 0.480 e. The molecular formula is C8H13N3O5S. The second kappa shape index (κ2) is 4.82. The van der Waals surface area contributed by atoms with Gasteiger partial charge in [0.25, 0.3) is 10.0 Å². The molecule has 3 N–H and O–H groups in total. The minimum atomic E-state index is -4.04. The molecule has 9 heteroatoms. The van der Waals surface area contributed by atoms with Crippen LogP contribution in [0, 0.1) is 6.92 Å². The molecule has 1 heterocycles. The average molecular weight is 263 g/mol. The Morgan fingerprint density at radius 2 is 2.24 bits per heavy atom. The molecule has 1 aromatic rings. The van der Waals surface area contributed by atoms with Crippen molar-refractivity contribution in [2.24, 2.45) is 7.05 Å². The van der Waals surface area contributed by atoms with E-state index in [-0.39, 0.29) is 5.03 Å². The van der Waals surface area contributed by atoms with Crippen molar-refractivity contribution in [3.8, 4) is 0 Å². The van der Waals surface area contributed by atoms with Crippen LogP contribution in [0.5, 0.6) is 0 Å². The van der Waals surface area contributed by atoms with E-state index in [0.29, 0.717) is 5.82 Å². The van der Waals surface area contributed by atoms with Crippen LogP contribution in [0.3, 0.4) is 0 Å². The van der Waals surface area contributed by atoms with Crippen LogP contribution in [-0.2, 0) is 21.9 Å². The molecule has 0 radical (unpaired) electrons. The van der Waals surface area contributed by atoms with Crippen LogP contribution >= 0.6 is 0 Å². The highest BCUT2D eigenvalue weighted by molar-refractivity contribution is 7.89. The number of rotatable bonds is 5. The number of hydrogen-bond acceptors (Lipinski definition) is 5. The molecule has 0 saturated heterocycles. The highest BCUT2D eigenvalue weighted by atomic mass is 32.2. The van der Waals surface area contributed by atoms with Crippen LogP contribution < -0.4 is 4.72 Å². The van der Waals surface area contributed by atoms with E-state index >= 15 is 0 Å². The summed E-state index contributed by atoms with van der Waals surface area (Å²) in [5.41, 5.74) is 0. The number of carbonyl (C=O) groups is 1. The van der Waals surface area contributed by atoms with Crippen LogP contribution in [0.1, 0.15) is 5.82 Å². The molecule has 0 aliphatic rings. The number of imidazole rings is 1. The zero-order valence-electron chi connectivity index (χ0n) is 9.28. The number of hydrogen-bond donors (Lipinski definition) is 3. The van der Waals surface area contributed by atoms with Gasteiger partial charge < -0.3 is 14.8 Å². The molecule has 1 rings (SSSR count). The van der Waals surface area contributed by atoms with Gasteiger partial charge in [0.1, 0.15) is 11.9 Å². The van der Waals surface area contributed by atoms with Gasteiger partial charge in [0.05, 0.1) is 6.61 Å². The summed E-state index contributed by atoms with van der Waals surface area (Å²) in [6.07, 6.45) is 1.26. The van der Waals surface area contributed by atoms with E-state index in [4.69, 9.17) is 10.2 Å². The first-order valence-corrected chi connectivity index (χ1v) is 6.12. The number of aliphatic hydroxyl groups excluding tert-OH is 1. The maximum Gasteiger partial charge on any atom is 0.324 e. The van der Waals surface area contributed by atoms with Crippen molar-refractivity contribution >= 4 is 16.0 Å². The van der Waals surface area contributed by atoms with Crippen molar-refractivity contribution in [2.75, 3.05) is 6.61 Å². The molecule has 8 nitrogen and oxygen atoms in total. The normalized spacial score (nSPS) is 13.6. The van der Waals surface area contributed by atoms with E-state index in [1.807, 2.05) is 4.72 Å². The molecule has 0 saturated carbocycles. The molecule has 0 unspecified atom stereocenters. The molecule has 0 fully saturated rings. The lowest BCUT2D eigenvalue weighted by Crippen LogP contribution is -2.43. The first kappa shape index (κ1) is 13.6. The van der Waals surface area contributed by atoms with Gasteiger partial charge in [-0.2, -0.15) is 4.72 Å². The summed E-state index contributed by atoms with van der Waals surface area (Å²) in [6, 6.07) is -1.58. The van der Waals surface area contributed by atoms with Gasteiger partial charge in [-0.1, -0.05) is 0 Å². The number of nitrogens with zero attached hydrogens (tertiary/aromatic N) is 2. The van der Waals surface area contributed by atoms with Crippen molar-refractivity contribution in [3.05, 3.63) is 12.0 Å². The number of carboxylic acid groups (broad SMARTS) is 1. The summed E-state index contributed by atoms with van der Waals surface area (Å²) < 4.78 is 26.8. The van der Waals surface area contributed by atoms with Gasteiger partial charge in [-0.05, 0) is 6.92 Å². The molecular weight excluding hydrogens is 250 g/mol. The van der Waals surface area contributed by atoms with Crippen LogP contribution in [-0.4, -0.2) is 46.8 Å². The van der Waals surface area contributed by atoms with Crippen molar-refractivity contribution < 1.29 is 23.4 Å². The minimum Gasteiger partial charge on any atom is -0.480 e. The number of sulfonamides is 1. The molecule has 0 amide bonds. The van der Waals surface area contributed by atoms with Gasteiger partial charge in [0.15, 0.2) is 5.03 Å². The first-order valence-electron chi connectivity index (χ1n) is 4.64. The maximum absolute atomic E-state index is 11.7. The van der Waals surface area contributed by atoms with Gasteiger partial charge in [0.2, 0.25) is 0 Å². The van der Waals surface area contributed by atoms with Crippen LogP contribution in [0.15, 0.2) is 11.2 Å². The molecule has 1 aromatic heterocycles. The van der Waals surface area contributed by atoms with Crippen LogP contribution in [0.4, 0.5) is 0 Å². The highest BCUT2D eigenvalue weighted by Gasteiger charge is 2.26. The molecule has 1 atom stereocenters. The molecule has 0 bridgehead atoms. The lowest BCUT2D eigenvalue weighted by atomic mass is 10.3. The standard InChI is InChI=1S/C8H13N3O5S/c1-5-9-7(3-11(5)2)17(15,16)10-6(4-12)8(13)14/h3,6,10,12H,4H2,1-2H3,(H,13,14)/t6-/m0/s1. The van der Waals surface area contributed by atoms with E-state index < -0.39 is 28.6 Å². The second-order valence-electron chi connectivity index (χ2n) is 3.43. The van der Waals surface area contributed by atoms with Gasteiger partial charge in [0, 0.05) is 13.2 Å². The second-order valence-corrected chi connectivity index (χ2v) is 5.09. The fraction of sp³-hybridized carbons (Fsp3) is 0.500. The lowest BCUT2D eigenvalue weighted by molar-refractivity contribution is -0.139. The number of aliphatic carboxylic acids is 1. The summed E-state index contributed by atoms with van der Waals surface area (Å²) in [5, 5.41) is 17.1. The number of aryl methyl sites for hydroxylation is 2. The predicted molar refractivity (Wildman–Crippen MR) is 56.8 cm³/mol. The predicted octanol–water partition coefficient (Wildman–Crippen LogP) is -1.55. The SMILES string of the molecule is Cc1nc(S(=O)(=O)N[C@@H](CO)C(=O)O)cn1C. The van der Waals surface area contributed by atoms with Gasteiger partial charge in [-0.3, -0.25) is 4.79 Å². The van der Waals surface area contributed by atoms with E-state index in [2.05, 4.69) is 4.98 Å².